The number of aliphatic hydroxyl groups excluding tert-OH is 1. The highest BCUT2D eigenvalue weighted by molar-refractivity contribution is 7.99. The van der Waals surface area contributed by atoms with Crippen LogP contribution >= 0.6 is 11.8 Å². The van der Waals surface area contributed by atoms with Crippen molar-refractivity contribution in [1.82, 2.24) is 20.2 Å². The van der Waals surface area contributed by atoms with Crippen LogP contribution in [0.2, 0.25) is 0 Å². The average molecular weight is 236 g/mol. The summed E-state index contributed by atoms with van der Waals surface area (Å²) in [5.74, 6) is 0. The second-order valence-electron chi connectivity index (χ2n) is 3.40. The van der Waals surface area contributed by atoms with Crippen LogP contribution in [0.5, 0.6) is 0 Å². The maximum absolute atomic E-state index is 9.63. The third-order valence-corrected chi connectivity index (χ3v) is 3.27. The van der Waals surface area contributed by atoms with Gasteiger partial charge in [-0.25, -0.2) is 4.68 Å². The number of aromatic nitrogens is 4. The smallest absolute Gasteiger partial charge is 0.213 e. The monoisotopic (exact) mass is 236 g/mol. The fraction of sp³-hybridized carbons (Fsp3) is 0.300. The van der Waals surface area contributed by atoms with E-state index in [0.29, 0.717) is 5.16 Å². The molecule has 5 nitrogen and oxygen atoms in total. The highest BCUT2D eigenvalue weighted by atomic mass is 32.2. The summed E-state index contributed by atoms with van der Waals surface area (Å²) in [6.45, 7) is 1.74. The van der Waals surface area contributed by atoms with Gasteiger partial charge >= 0.3 is 0 Å². The maximum atomic E-state index is 9.63. The van der Waals surface area contributed by atoms with E-state index >= 15 is 0 Å². The third-order valence-electron chi connectivity index (χ3n) is 2.15. The highest BCUT2D eigenvalue weighted by Crippen LogP contribution is 2.31. The minimum Gasteiger partial charge on any atom is -0.389 e. The first-order chi connectivity index (χ1) is 7.68. The van der Waals surface area contributed by atoms with E-state index in [9.17, 15) is 5.11 Å². The minimum atomic E-state index is -0.495. The molecule has 0 saturated carbocycles. The maximum Gasteiger partial charge on any atom is 0.213 e. The highest BCUT2D eigenvalue weighted by Gasteiger charge is 2.11. The van der Waals surface area contributed by atoms with Gasteiger partial charge in [-0.1, -0.05) is 18.2 Å². The van der Waals surface area contributed by atoms with Crippen LogP contribution in [-0.2, 0) is 7.05 Å². The van der Waals surface area contributed by atoms with Crippen LogP contribution in [0.15, 0.2) is 34.3 Å². The summed E-state index contributed by atoms with van der Waals surface area (Å²) in [7, 11) is 1.79. The Balaban J connectivity index is 2.31. The zero-order valence-corrected chi connectivity index (χ0v) is 9.85. The summed E-state index contributed by atoms with van der Waals surface area (Å²) in [5, 5.41) is 21.6. The molecule has 1 aromatic carbocycles. The van der Waals surface area contributed by atoms with E-state index in [2.05, 4.69) is 15.5 Å². The second kappa shape index (κ2) is 4.63. The number of hydrogen-bond donors (Lipinski definition) is 1. The second-order valence-corrected chi connectivity index (χ2v) is 4.41. The van der Waals surface area contributed by atoms with Gasteiger partial charge < -0.3 is 5.11 Å². The van der Waals surface area contributed by atoms with Crippen LogP contribution in [0.1, 0.15) is 18.6 Å². The van der Waals surface area contributed by atoms with Gasteiger partial charge in [0.05, 0.1) is 6.10 Å². The van der Waals surface area contributed by atoms with Crippen LogP contribution < -0.4 is 0 Å². The number of aliphatic hydroxyl groups is 1. The Bertz CT molecular complexity index is 483. The van der Waals surface area contributed by atoms with Crippen molar-refractivity contribution in [3.8, 4) is 0 Å². The number of hydrogen-bond acceptors (Lipinski definition) is 5. The number of nitrogens with zero attached hydrogens (tertiary/aromatic N) is 4. The Kier molecular flexibility index (Phi) is 3.21. The number of rotatable bonds is 3. The molecular formula is C10H12N4OS. The summed E-state index contributed by atoms with van der Waals surface area (Å²) in [5.41, 5.74) is 0.885. The molecule has 6 heteroatoms. The molecule has 0 bridgehead atoms. The average Bonchev–Trinajstić information content (AvgIpc) is 2.65. The lowest BCUT2D eigenvalue weighted by Crippen LogP contribution is -1.96. The number of tetrazole rings is 1. The molecule has 1 N–H and O–H groups in total. The number of benzene rings is 1. The molecule has 0 aliphatic carbocycles. The summed E-state index contributed by atoms with van der Waals surface area (Å²) in [4.78, 5) is 0.968. The molecular weight excluding hydrogens is 224 g/mol. The van der Waals surface area contributed by atoms with Gasteiger partial charge in [-0.15, -0.1) is 5.10 Å². The van der Waals surface area contributed by atoms with Crippen LogP contribution in [0.4, 0.5) is 0 Å². The third kappa shape index (κ3) is 2.23. The van der Waals surface area contributed by atoms with Crippen molar-refractivity contribution >= 4 is 11.8 Å². The number of aryl methyl sites for hydroxylation is 1. The lowest BCUT2D eigenvalue weighted by Gasteiger charge is -2.09. The van der Waals surface area contributed by atoms with Crippen molar-refractivity contribution in [2.45, 2.75) is 23.1 Å². The molecule has 1 heterocycles. The van der Waals surface area contributed by atoms with E-state index < -0.39 is 6.10 Å². The Hall–Kier alpha value is -1.40. The normalized spacial score (nSPS) is 12.7. The first kappa shape index (κ1) is 11.1. The molecule has 0 radical (unpaired) electrons. The standard InChI is InChI=1S/C10H12N4OS/c1-7(15)8-5-3-4-6-9(8)16-10-11-12-13-14(10)2/h3-7,15H,1-2H3/t7-/m0/s1. The first-order valence-electron chi connectivity index (χ1n) is 4.85. The topological polar surface area (TPSA) is 63.8 Å². The van der Waals surface area contributed by atoms with Crippen LogP contribution in [0.3, 0.4) is 0 Å². The van der Waals surface area contributed by atoms with Gasteiger partial charge in [-0.3, -0.25) is 0 Å². The summed E-state index contributed by atoms with van der Waals surface area (Å²) in [6, 6.07) is 7.68. The van der Waals surface area contributed by atoms with Gasteiger partial charge in [0.25, 0.3) is 0 Å². The van der Waals surface area contributed by atoms with Gasteiger partial charge in [0.1, 0.15) is 0 Å². The van der Waals surface area contributed by atoms with Gasteiger partial charge in [0.2, 0.25) is 5.16 Å². The van der Waals surface area contributed by atoms with E-state index in [1.54, 1.807) is 18.7 Å². The molecule has 0 aliphatic rings. The van der Waals surface area contributed by atoms with Crippen LogP contribution in [0.25, 0.3) is 0 Å². The van der Waals surface area contributed by atoms with Crippen molar-refractivity contribution in [2.24, 2.45) is 7.05 Å². The molecule has 0 unspecified atom stereocenters. The molecule has 16 heavy (non-hydrogen) atoms. The molecule has 1 aromatic heterocycles. The largest absolute Gasteiger partial charge is 0.389 e. The molecule has 84 valence electrons. The SMILES string of the molecule is C[C@H](O)c1ccccc1Sc1nnnn1C. The molecule has 2 aromatic rings. The lowest BCUT2D eigenvalue weighted by atomic mass is 10.1. The van der Waals surface area contributed by atoms with Crippen molar-refractivity contribution in [3.63, 3.8) is 0 Å². The van der Waals surface area contributed by atoms with E-state index in [-0.39, 0.29) is 0 Å². The molecule has 2 rings (SSSR count). The minimum absolute atomic E-state index is 0.495. The Morgan fingerprint density at radius 1 is 1.38 bits per heavy atom. The Morgan fingerprint density at radius 3 is 2.75 bits per heavy atom. The van der Waals surface area contributed by atoms with Crippen LogP contribution in [-0.4, -0.2) is 25.3 Å². The van der Waals surface area contributed by atoms with Crippen molar-refractivity contribution in [3.05, 3.63) is 29.8 Å². The zero-order chi connectivity index (χ0) is 11.5. The summed E-state index contributed by atoms with van der Waals surface area (Å²) in [6.07, 6.45) is -0.495. The van der Waals surface area contributed by atoms with E-state index in [4.69, 9.17) is 0 Å². The quantitative estimate of drug-likeness (QED) is 0.873. The molecule has 1 atom stereocenters. The van der Waals surface area contributed by atoms with Crippen molar-refractivity contribution in [2.75, 3.05) is 0 Å². The van der Waals surface area contributed by atoms with Gasteiger partial charge in [0, 0.05) is 11.9 Å². The van der Waals surface area contributed by atoms with E-state index in [1.807, 2.05) is 24.3 Å². The van der Waals surface area contributed by atoms with E-state index in [0.717, 1.165) is 10.5 Å². The van der Waals surface area contributed by atoms with Gasteiger partial charge in [0.15, 0.2) is 0 Å². The molecule has 0 spiro atoms. The van der Waals surface area contributed by atoms with Crippen LogP contribution in [0, 0.1) is 0 Å². The molecule has 0 fully saturated rings. The van der Waals surface area contributed by atoms with Gasteiger partial charge in [-0.05, 0) is 40.7 Å². The van der Waals surface area contributed by atoms with Crippen molar-refractivity contribution < 1.29 is 5.11 Å². The van der Waals surface area contributed by atoms with E-state index in [1.165, 1.54) is 11.8 Å². The fourth-order valence-electron chi connectivity index (χ4n) is 1.32. The first-order valence-corrected chi connectivity index (χ1v) is 5.67. The predicted octanol–water partition coefficient (Wildman–Crippen LogP) is 1.41. The summed E-state index contributed by atoms with van der Waals surface area (Å²) < 4.78 is 1.60. The Morgan fingerprint density at radius 2 is 2.12 bits per heavy atom. The summed E-state index contributed by atoms with van der Waals surface area (Å²) >= 11 is 1.44. The van der Waals surface area contributed by atoms with Crippen molar-refractivity contribution in [1.29, 1.82) is 0 Å². The van der Waals surface area contributed by atoms with Gasteiger partial charge in [-0.2, -0.15) is 0 Å². The fourth-order valence-corrected chi connectivity index (χ4v) is 2.27. The Labute approximate surface area is 97.5 Å². The lowest BCUT2D eigenvalue weighted by molar-refractivity contribution is 0.196. The predicted molar refractivity (Wildman–Crippen MR) is 60.0 cm³/mol. The molecule has 0 amide bonds. The molecule has 0 saturated heterocycles. The zero-order valence-electron chi connectivity index (χ0n) is 9.03. The molecule has 0 aliphatic heterocycles.